The summed E-state index contributed by atoms with van der Waals surface area (Å²) < 4.78 is 34.5. The Morgan fingerprint density at radius 1 is 1.38 bits per heavy atom. The third-order valence-corrected chi connectivity index (χ3v) is 3.49. The van der Waals surface area contributed by atoms with Crippen molar-refractivity contribution in [2.45, 2.75) is 30.7 Å². The van der Waals surface area contributed by atoms with Crippen LogP contribution >= 0.6 is 0 Å². The van der Waals surface area contributed by atoms with Crippen LogP contribution < -0.4 is 5.73 Å². The highest BCUT2D eigenvalue weighted by Gasteiger charge is 2.38. The first-order valence-electron chi connectivity index (χ1n) is 4.11. The van der Waals surface area contributed by atoms with E-state index in [-0.39, 0.29) is 0 Å². The summed E-state index contributed by atoms with van der Waals surface area (Å²) in [5, 5.41) is -1.03. The molecule has 0 aliphatic heterocycles. The number of hydrogen-bond acceptors (Lipinski definition) is 3. The second-order valence-corrected chi connectivity index (χ2v) is 4.47. The van der Waals surface area contributed by atoms with Crippen LogP contribution in [0.25, 0.3) is 0 Å². The molecule has 0 heterocycles. The van der Waals surface area contributed by atoms with Gasteiger partial charge in [-0.15, -0.1) is 0 Å². The van der Waals surface area contributed by atoms with Crippen molar-refractivity contribution >= 4 is 16.6 Å². The Bertz CT molecular complexity index is 271. The summed E-state index contributed by atoms with van der Waals surface area (Å²) >= 11 is 0. The lowest BCUT2D eigenvalue weighted by Gasteiger charge is -2.27. The van der Waals surface area contributed by atoms with Crippen LogP contribution in [0.3, 0.4) is 0 Å². The zero-order valence-electron chi connectivity index (χ0n) is 6.98. The molecule has 76 valence electrons. The Morgan fingerprint density at radius 2 is 2.00 bits per heavy atom. The Morgan fingerprint density at radius 3 is 2.46 bits per heavy atom. The Balaban J connectivity index is 2.77. The van der Waals surface area contributed by atoms with Gasteiger partial charge in [-0.25, -0.2) is 12.8 Å². The monoisotopic (exact) mass is 209 g/mol. The second kappa shape index (κ2) is 4.04. The van der Waals surface area contributed by atoms with Gasteiger partial charge < -0.3 is 5.73 Å². The van der Waals surface area contributed by atoms with E-state index in [1.54, 1.807) is 0 Å². The molecule has 4 nitrogen and oxygen atoms in total. The van der Waals surface area contributed by atoms with E-state index in [0.717, 1.165) is 0 Å². The predicted octanol–water partition coefficient (Wildman–Crippen LogP) is -0.410. The highest BCUT2D eigenvalue weighted by atomic mass is 32.2. The van der Waals surface area contributed by atoms with E-state index in [1.807, 2.05) is 0 Å². The standard InChI is InChI=1S/C7H12FNO3S/c8-6-4(7(9)10)2-1-3-5(6)13(11)12/h4-6,13H,1-3H2,(H2,9,10). The maximum absolute atomic E-state index is 13.3. The van der Waals surface area contributed by atoms with Gasteiger partial charge in [0.15, 0.2) is 0 Å². The highest BCUT2D eigenvalue weighted by Crippen LogP contribution is 2.28. The van der Waals surface area contributed by atoms with E-state index in [9.17, 15) is 17.6 Å². The minimum absolute atomic E-state index is 0.295. The second-order valence-electron chi connectivity index (χ2n) is 3.24. The van der Waals surface area contributed by atoms with Gasteiger partial charge in [0.05, 0.1) is 11.2 Å². The summed E-state index contributed by atoms with van der Waals surface area (Å²) in [6, 6.07) is 0. The van der Waals surface area contributed by atoms with Crippen molar-refractivity contribution in [2.24, 2.45) is 11.7 Å². The molecule has 0 bridgehead atoms. The zero-order chi connectivity index (χ0) is 10.0. The van der Waals surface area contributed by atoms with Gasteiger partial charge in [0.1, 0.15) is 16.9 Å². The number of amides is 1. The average molecular weight is 209 g/mol. The SMILES string of the molecule is NC(=O)C1CCCC([SH](=O)=O)C1F. The molecule has 1 aliphatic carbocycles. The molecule has 1 aliphatic rings. The van der Waals surface area contributed by atoms with Gasteiger partial charge in [0.2, 0.25) is 5.91 Å². The van der Waals surface area contributed by atoms with Gasteiger partial charge in [0, 0.05) is 0 Å². The molecule has 1 rings (SSSR count). The summed E-state index contributed by atoms with van der Waals surface area (Å²) in [5.41, 5.74) is 4.94. The Kier molecular flexibility index (Phi) is 3.24. The van der Waals surface area contributed by atoms with Crippen LogP contribution in [0.5, 0.6) is 0 Å². The molecule has 0 radical (unpaired) electrons. The highest BCUT2D eigenvalue weighted by molar-refractivity contribution is 7.73. The lowest BCUT2D eigenvalue weighted by atomic mass is 9.87. The van der Waals surface area contributed by atoms with Crippen LogP contribution in [0.2, 0.25) is 0 Å². The van der Waals surface area contributed by atoms with Crippen LogP contribution in [-0.4, -0.2) is 25.7 Å². The van der Waals surface area contributed by atoms with Crippen molar-refractivity contribution in [2.75, 3.05) is 0 Å². The number of carbonyl (C=O) groups is 1. The van der Waals surface area contributed by atoms with Crippen LogP contribution in [0.4, 0.5) is 4.39 Å². The van der Waals surface area contributed by atoms with E-state index in [0.29, 0.717) is 19.3 Å². The van der Waals surface area contributed by atoms with Gasteiger partial charge in [0.25, 0.3) is 0 Å². The van der Waals surface area contributed by atoms with E-state index in [2.05, 4.69) is 0 Å². The summed E-state index contributed by atoms with van der Waals surface area (Å²) in [6.07, 6.45) is -0.422. The van der Waals surface area contributed by atoms with Gasteiger partial charge in [-0.05, 0) is 12.8 Å². The van der Waals surface area contributed by atoms with E-state index < -0.39 is 34.0 Å². The molecular weight excluding hydrogens is 197 g/mol. The fraction of sp³-hybridized carbons (Fsp3) is 0.857. The number of alkyl halides is 1. The van der Waals surface area contributed by atoms with Gasteiger partial charge >= 0.3 is 0 Å². The molecule has 1 saturated carbocycles. The fourth-order valence-electron chi connectivity index (χ4n) is 1.65. The lowest BCUT2D eigenvalue weighted by molar-refractivity contribution is -0.124. The molecule has 3 unspecified atom stereocenters. The lowest BCUT2D eigenvalue weighted by Crippen LogP contribution is -2.42. The number of nitrogens with two attached hydrogens (primary N) is 1. The molecule has 3 atom stereocenters. The number of hydrogen-bond donors (Lipinski definition) is 2. The summed E-state index contributed by atoms with van der Waals surface area (Å²) in [4.78, 5) is 10.7. The number of halogens is 1. The molecule has 1 amide bonds. The summed E-state index contributed by atoms with van der Waals surface area (Å²) in [7, 11) is -2.79. The molecule has 1 fully saturated rings. The number of thiol groups is 1. The van der Waals surface area contributed by atoms with Crippen molar-refractivity contribution < 1.29 is 17.6 Å². The molecule has 0 spiro atoms. The minimum atomic E-state index is -2.79. The first kappa shape index (κ1) is 10.4. The molecule has 6 heteroatoms. The normalized spacial score (nSPS) is 34.8. The molecule has 13 heavy (non-hydrogen) atoms. The van der Waals surface area contributed by atoms with Crippen LogP contribution in [0, 0.1) is 5.92 Å². The first-order valence-corrected chi connectivity index (χ1v) is 5.35. The predicted molar refractivity (Wildman–Crippen MR) is 45.5 cm³/mol. The summed E-state index contributed by atoms with van der Waals surface area (Å²) in [5.74, 6) is -1.67. The molecule has 0 aromatic rings. The van der Waals surface area contributed by atoms with E-state index in [1.165, 1.54) is 0 Å². The Labute approximate surface area is 77.2 Å². The van der Waals surface area contributed by atoms with Crippen molar-refractivity contribution in [3.05, 3.63) is 0 Å². The van der Waals surface area contributed by atoms with Crippen molar-refractivity contribution in [3.63, 3.8) is 0 Å². The van der Waals surface area contributed by atoms with Crippen molar-refractivity contribution in [1.82, 2.24) is 0 Å². The fourth-order valence-corrected chi connectivity index (χ4v) is 2.49. The number of carbonyl (C=O) groups excluding carboxylic acids is 1. The van der Waals surface area contributed by atoms with E-state index in [4.69, 9.17) is 5.73 Å². The van der Waals surface area contributed by atoms with Crippen LogP contribution in [0.15, 0.2) is 0 Å². The largest absolute Gasteiger partial charge is 0.369 e. The topological polar surface area (TPSA) is 77.2 Å². The molecule has 0 saturated heterocycles. The molecule has 0 aromatic carbocycles. The summed E-state index contributed by atoms with van der Waals surface area (Å²) in [6.45, 7) is 0. The zero-order valence-corrected chi connectivity index (χ0v) is 7.88. The van der Waals surface area contributed by atoms with E-state index >= 15 is 0 Å². The maximum Gasteiger partial charge on any atom is 0.223 e. The Hall–Kier alpha value is -0.650. The third-order valence-electron chi connectivity index (χ3n) is 2.40. The van der Waals surface area contributed by atoms with Gasteiger partial charge in [-0.2, -0.15) is 0 Å². The molecule has 0 aromatic heterocycles. The van der Waals surface area contributed by atoms with Crippen LogP contribution in [0.1, 0.15) is 19.3 Å². The van der Waals surface area contributed by atoms with Gasteiger partial charge in [-0.1, -0.05) is 6.42 Å². The minimum Gasteiger partial charge on any atom is -0.369 e. The van der Waals surface area contributed by atoms with Gasteiger partial charge in [-0.3, -0.25) is 4.79 Å². The van der Waals surface area contributed by atoms with Crippen LogP contribution in [-0.2, 0) is 15.5 Å². The maximum atomic E-state index is 13.3. The smallest absolute Gasteiger partial charge is 0.223 e. The number of rotatable bonds is 2. The molecule has 2 N–H and O–H groups in total. The quantitative estimate of drug-likeness (QED) is 0.607. The first-order chi connectivity index (χ1) is 6.04. The molecular formula is C7H12FNO3S. The third kappa shape index (κ3) is 2.18. The number of primary amides is 1. The van der Waals surface area contributed by atoms with Crippen molar-refractivity contribution in [3.8, 4) is 0 Å². The average Bonchev–Trinajstić information content (AvgIpc) is 2.03. The van der Waals surface area contributed by atoms with Crippen molar-refractivity contribution in [1.29, 1.82) is 0 Å².